The number of ether oxygens (including phenoxy) is 1. The third-order valence-corrected chi connectivity index (χ3v) is 4.48. The van der Waals surface area contributed by atoms with E-state index in [-0.39, 0.29) is 23.1 Å². The van der Waals surface area contributed by atoms with Crippen molar-refractivity contribution >= 4 is 29.1 Å². The van der Waals surface area contributed by atoms with Crippen molar-refractivity contribution in [2.24, 2.45) is 0 Å². The summed E-state index contributed by atoms with van der Waals surface area (Å²) in [7, 11) is 0. The first-order valence-electron chi connectivity index (χ1n) is 7.88. The monoisotopic (exact) mass is 333 g/mol. The molecule has 1 aliphatic heterocycles. The van der Waals surface area contributed by atoms with Crippen LogP contribution in [0.15, 0.2) is 29.2 Å². The average Bonchev–Trinajstić information content (AvgIpc) is 2.71. The lowest BCUT2D eigenvalue weighted by Crippen LogP contribution is -2.37. The molecule has 0 N–H and O–H groups in total. The second-order valence-corrected chi connectivity index (χ2v) is 7.49. The molecule has 0 saturated carbocycles. The summed E-state index contributed by atoms with van der Waals surface area (Å²) >= 11 is 1.45. The van der Waals surface area contributed by atoms with Gasteiger partial charge in [-0.2, -0.15) is 0 Å². The number of carbonyl (C=O) groups is 2. The van der Waals surface area contributed by atoms with Crippen molar-refractivity contribution in [3.63, 3.8) is 0 Å². The SMILES string of the molecule is CCOc1ccc(C2=C(SC(C)C)C(=O)N(C(C)C)C2=O)cc1. The van der Waals surface area contributed by atoms with E-state index in [9.17, 15) is 9.59 Å². The Hall–Kier alpha value is -1.75. The van der Waals surface area contributed by atoms with Crippen molar-refractivity contribution in [2.45, 2.75) is 45.9 Å². The van der Waals surface area contributed by atoms with E-state index in [4.69, 9.17) is 4.74 Å². The molecule has 1 aromatic carbocycles. The lowest BCUT2D eigenvalue weighted by molar-refractivity contribution is -0.138. The van der Waals surface area contributed by atoms with E-state index in [0.717, 1.165) is 11.3 Å². The Morgan fingerprint density at radius 2 is 1.65 bits per heavy atom. The number of hydrogen-bond acceptors (Lipinski definition) is 4. The molecule has 0 spiro atoms. The number of amides is 2. The van der Waals surface area contributed by atoms with Crippen LogP contribution in [0.3, 0.4) is 0 Å². The number of benzene rings is 1. The minimum Gasteiger partial charge on any atom is -0.494 e. The molecule has 1 heterocycles. The molecule has 124 valence electrons. The summed E-state index contributed by atoms with van der Waals surface area (Å²) in [5.41, 5.74) is 1.27. The zero-order valence-corrected chi connectivity index (χ0v) is 15.1. The fraction of sp³-hybridized carbons (Fsp3) is 0.444. The molecule has 23 heavy (non-hydrogen) atoms. The van der Waals surface area contributed by atoms with Gasteiger partial charge >= 0.3 is 0 Å². The van der Waals surface area contributed by atoms with E-state index in [1.807, 2.05) is 58.9 Å². The molecule has 2 rings (SSSR count). The van der Waals surface area contributed by atoms with Gasteiger partial charge in [-0.25, -0.2) is 0 Å². The van der Waals surface area contributed by atoms with Crippen molar-refractivity contribution in [1.82, 2.24) is 4.90 Å². The molecule has 0 radical (unpaired) electrons. The maximum absolute atomic E-state index is 12.8. The Bertz CT molecular complexity index is 632. The van der Waals surface area contributed by atoms with Gasteiger partial charge in [-0.3, -0.25) is 14.5 Å². The fourth-order valence-corrected chi connectivity index (χ4v) is 3.47. The molecule has 1 aliphatic rings. The van der Waals surface area contributed by atoms with Gasteiger partial charge in [-0.05, 0) is 38.5 Å². The van der Waals surface area contributed by atoms with Crippen LogP contribution < -0.4 is 4.74 Å². The smallest absolute Gasteiger partial charge is 0.268 e. The van der Waals surface area contributed by atoms with Gasteiger partial charge < -0.3 is 4.74 Å². The van der Waals surface area contributed by atoms with Gasteiger partial charge in [0.2, 0.25) is 0 Å². The van der Waals surface area contributed by atoms with Gasteiger partial charge in [-0.15, -0.1) is 11.8 Å². The lowest BCUT2D eigenvalue weighted by Gasteiger charge is -2.19. The molecule has 0 fully saturated rings. The third-order valence-electron chi connectivity index (χ3n) is 3.40. The van der Waals surface area contributed by atoms with Gasteiger partial charge in [0.1, 0.15) is 5.75 Å². The van der Waals surface area contributed by atoms with Crippen molar-refractivity contribution < 1.29 is 14.3 Å². The first-order chi connectivity index (χ1) is 10.9. The predicted molar refractivity (Wildman–Crippen MR) is 94.2 cm³/mol. The van der Waals surface area contributed by atoms with E-state index in [1.165, 1.54) is 16.7 Å². The molecule has 1 aromatic rings. The first-order valence-corrected chi connectivity index (χ1v) is 8.76. The third kappa shape index (κ3) is 3.61. The van der Waals surface area contributed by atoms with Gasteiger partial charge in [0.25, 0.3) is 11.8 Å². The Kier molecular flexibility index (Phi) is 5.52. The highest BCUT2D eigenvalue weighted by atomic mass is 32.2. The highest BCUT2D eigenvalue weighted by Crippen LogP contribution is 2.38. The van der Waals surface area contributed by atoms with Crippen molar-refractivity contribution in [3.8, 4) is 5.75 Å². The summed E-state index contributed by atoms with van der Waals surface area (Å²) in [5, 5.41) is 0.228. The minimum atomic E-state index is -0.211. The molecule has 0 bridgehead atoms. The highest BCUT2D eigenvalue weighted by molar-refractivity contribution is 8.04. The number of thioether (sulfide) groups is 1. The molecule has 0 atom stereocenters. The fourth-order valence-electron chi connectivity index (χ4n) is 2.48. The van der Waals surface area contributed by atoms with Crippen LogP contribution in [0.4, 0.5) is 0 Å². The Labute approximate surface area is 141 Å². The van der Waals surface area contributed by atoms with E-state index < -0.39 is 0 Å². The average molecular weight is 333 g/mol. The molecule has 0 aromatic heterocycles. The topological polar surface area (TPSA) is 46.6 Å². The minimum absolute atomic E-state index is 0.155. The van der Waals surface area contributed by atoms with Crippen molar-refractivity contribution in [1.29, 1.82) is 0 Å². The Morgan fingerprint density at radius 1 is 1.04 bits per heavy atom. The Balaban J connectivity index is 2.46. The first kappa shape index (κ1) is 17.6. The van der Waals surface area contributed by atoms with Crippen LogP contribution in [0.5, 0.6) is 5.75 Å². The molecule has 4 nitrogen and oxygen atoms in total. The van der Waals surface area contributed by atoms with Crippen LogP contribution in [0.1, 0.15) is 40.2 Å². The molecule has 0 aliphatic carbocycles. The summed E-state index contributed by atoms with van der Waals surface area (Å²) < 4.78 is 5.44. The summed E-state index contributed by atoms with van der Waals surface area (Å²) in [6, 6.07) is 7.20. The zero-order chi connectivity index (χ0) is 17.1. The summed E-state index contributed by atoms with van der Waals surface area (Å²) in [5.74, 6) is 0.359. The maximum atomic E-state index is 12.8. The number of nitrogens with zero attached hydrogens (tertiary/aromatic N) is 1. The van der Waals surface area contributed by atoms with Gasteiger partial charge in [0.15, 0.2) is 0 Å². The van der Waals surface area contributed by atoms with E-state index in [0.29, 0.717) is 17.1 Å². The second kappa shape index (κ2) is 7.21. The normalized spacial score (nSPS) is 15.3. The van der Waals surface area contributed by atoms with Crippen LogP contribution in [0, 0.1) is 0 Å². The molecular weight excluding hydrogens is 310 g/mol. The standard InChI is InChI=1S/C18H23NO3S/c1-6-22-14-9-7-13(8-10-14)15-16(23-12(4)5)18(21)19(11(2)3)17(15)20/h7-12H,6H2,1-5H3. The van der Waals surface area contributed by atoms with Crippen molar-refractivity contribution in [3.05, 3.63) is 34.7 Å². The quantitative estimate of drug-likeness (QED) is 0.745. The number of hydrogen-bond donors (Lipinski definition) is 0. The Morgan fingerprint density at radius 3 is 2.13 bits per heavy atom. The van der Waals surface area contributed by atoms with Crippen molar-refractivity contribution in [2.75, 3.05) is 6.61 Å². The van der Waals surface area contributed by atoms with Gasteiger partial charge in [-0.1, -0.05) is 26.0 Å². The van der Waals surface area contributed by atoms with Crippen LogP contribution >= 0.6 is 11.8 Å². The van der Waals surface area contributed by atoms with E-state index in [1.54, 1.807) is 0 Å². The predicted octanol–water partition coefficient (Wildman–Crippen LogP) is 3.72. The summed E-state index contributed by atoms with van der Waals surface area (Å²) in [6.07, 6.45) is 0. The highest BCUT2D eigenvalue weighted by Gasteiger charge is 2.40. The van der Waals surface area contributed by atoms with Crippen LogP contribution in [0.2, 0.25) is 0 Å². The molecule has 2 amide bonds. The number of imide groups is 1. The molecule has 0 saturated heterocycles. The lowest BCUT2D eigenvalue weighted by atomic mass is 10.1. The molecule has 5 heteroatoms. The largest absolute Gasteiger partial charge is 0.494 e. The van der Waals surface area contributed by atoms with Crippen LogP contribution in [0.25, 0.3) is 5.57 Å². The van der Waals surface area contributed by atoms with E-state index >= 15 is 0 Å². The van der Waals surface area contributed by atoms with Gasteiger partial charge in [0, 0.05) is 11.3 Å². The van der Waals surface area contributed by atoms with Crippen LogP contribution in [-0.4, -0.2) is 34.6 Å². The van der Waals surface area contributed by atoms with Crippen LogP contribution in [-0.2, 0) is 9.59 Å². The zero-order valence-electron chi connectivity index (χ0n) is 14.3. The molecular formula is C18H23NO3S. The maximum Gasteiger partial charge on any atom is 0.268 e. The molecule has 0 unspecified atom stereocenters. The van der Waals surface area contributed by atoms with E-state index in [2.05, 4.69) is 0 Å². The summed E-state index contributed by atoms with van der Waals surface area (Å²) in [4.78, 5) is 27.3. The second-order valence-electron chi connectivity index (χ2n) is 5.90. The van der Waals surface area contributed by atoms with Gasteiger partial charge in [0.05, 0.1) is 17.1 Å². The number of carbonyl (C=O) groups excluding carboxylic acids is 2. The number of rotatable bonds is 6. The summed E-state index contributed by atoms with van der Waals surface area (Å²) in [6.45, 7) is 10.3.